The summed E-state index contributed by atoms with van der Waals surface area (Å²) in [4.78, 5) is 26.8. The predicted molar refractivity (Wildman–Crippen MR) is 99.8 cm³/mol. The molecular formula is C19H27BrN2O2. The fourth-order valence-electron chi connectivity index (χ4n) is 3.16. The molecule has 1 aliphatic heterocycles. The molecule has 1 atom stereocenters. The van der Waals surface area contributed by atoms with E-state index in [1.54, 1.807) is 0 Å². The van der Waals surface area contributed by atoms with Crippen LogP contribution >= 0.6 is 15.9 Å². The maximum Gasteiger partial charge on any atom is 0.253 e. The Hall–Kier alpha value is -1.36. The number of carbonyl (C=O) groups excluding carboxylic acids is 2. The van der Waals surface area contributed by atoms with Gasteiger partial charge in [-0.05, 0) is 49.4 Å². The van der Waals surface area contributed by atoms with Crippen LogP contribution in [0.1, 0.15) is 50.4 Å². The van der Waals surface area contributed by atoms with Crippen LogP contribution in [0.4, 0.5) is 0 Å². The lowest BCUT2D eigenvalue weighted by Gasteiger charge is -2.32. The third-order valence-corrected chi connectivity index (χ3v) is 5.35. The molecule has 132 valence electrons. The van der Waals surface area contributed by atoms with Crippen LogP contribution in [0.25, 0.3) is 0 Å². The summed E-state index contributed by atoms with van der Waals surface area (Å²) in [6.45, 7) is 7.66. The van der Waals surface area contributed by atoms with Crippen LogP contribution in [0.2, 0.25) is 0 Å². The molecule has 1 aliphatic rings. The summed E-state index contributed by atoms with van der Waals surface area (Å²) < 4.78 is 0.963. The van der Waals surface area contributed by atoms with Crippen molar-refractivity contribution in [1.82, 2.24) is 10.2 Å². The summed E-state index contributed by atoms with van der Waals surface area (Å²) in [6.07, 6.45) is 2.43. The number of amides is 2. The lowest BCUT2D eigenvalue weighted by atomic mass is 9.93. The highest BCUT2D eigenvalue weighted by atomic mass is 79.9. The SMILES string of the molecule is CCC(NC(=O)C1CCN(C(=O)c2ccc(Br)cc2)CC1)C(C)C. The van der Waals surface area contributed by atoms with E-state index in [1.165, 1.54) is 0 Å². The van der Waals surface area contributed by atoms with Gasteiger partial charge in [-0.3, -0.25) is 9.59 Å². The van der Waals surface area contributed by atoms with Gasteiger partial charge in [0.05, 0.1) is 0 Å². The molecule has 24 heavy (non-hydrogen) atoms. The monoisotopic (exact) mass is 394 g/mol. The minimum absolute atomic E-state index is 0.0202. The number of halogens is 1. The molecule has 1 aromatic carbocycles. The van der Waals surface area contributed by atoms with Crippen LogP contribution in [0.5, 0.6) is 0 Å². The number of hydrogen-bond acceptors (Lipinski definition) is 2. The van der Waals surface area contributed by atoms with Crippen LogP contribution in [-0.2, 0) is 4.79 Å². The standard InChI is InChI=1S/C19H27BrN2O2/c1-4-17(13(2)3)21-18(23)14-9-11-22(12-10-14)19(24)15-5-7-16(20)8-6-15/h5-8,13-14,17H,4,9-12H2,1-3H3,(H,21,23). The van der Waals surface area contributed by atoms with Crippen molar-refractivity contribution in [2.24, 2.45) is 11.8 Å². The van der Waals surface area contributed by atoms with Crippen molar-refractivity contribution in [2.75, 3.05) is 13.1 Å². The van der Waals surface area contributed by atoms with Crippen LogP contribution < -0.4 is 5.32 Å². The molecular weight excluding hydrogens is 368 g/mol. The van der Waals surface area contributed by atoms with Crippen LogP contribution in [0.15, 0.2) is 28.7 Å². The van der Waals surface area contributed by atoms with Gasteiger partial charge in [0, 0.05) is 35.1 Å². The van der Waals surface area contributed by atoms with Gasteiger partial charge in [0.2, 0.25) is 5.91 Å². The van der Waals surface area contributed by atoms with Gasteiger partial charge in [-0.2, -0.15) is 0 Å². The van der Waals surface area contributed by atoms with Gasteiger partial charge in [0.1, 0.15) is 0 Å². The van der Waals surface area contributed by atoms with E-state index in [0.29, 0.717) is 24.6 Å². The van der Waals surface area contributed by atoms with Crippen molar-refractivity contribution in [1.29, 1.82) is 0 Å². The number of nitrogens with one attached hydrogen (secondary N) is 1. The molecule has 1 aromatic rings. The molecule has 2 rings (SSSR count). The highest BCUT2D eigenvalue weighted by Gasteiger charge is 2.29. The summed E-state index contributed by atoms with van der Waals surface area (Å²) in [6, 6.07) is 7.66. The summed E-state index contributed by atoms with van der Waals surface area (Å²) in [5.74, 6) is 0.658. The number of likely N-dealkylation sites (tertiary alicyclic amines) is 1. The zero-order valence-corrected chi connectivity index (χ0v) is 16.3. The predicted octanol–water partition coefficient (Wildman–Crippen LogP) is 3.85. The number of rotatable bonds is 5. The van der Waals surface area contributed by atoms with E-state index in [9.17, 15) is 9.59 Å². The lowest BCUT2D eigenvalue weighted by Crippen LogP contribution is -2.46. The average molecular weight is 395 g/mol. The summed E-state index contributed by atoms with van der Waals surface area (Å²) in [5.41, 5.74) is 0.701. The van der Waals surface area contributed by atoms with Gasteiger partial charge >= 0.3 is 0 Å². The van der Waals surface area contributed by atoms with E-state index in [0.717, 1.165) is 23.7 Å². The molecule has 1 fully saturated rings. The topological polar surface area (TPSA) is 49.4 Å². The van der Waals surface area contributed by atoms with Crippen molar-refractivity contribution in [3.8, 4) is 0 Å². The smallest absolute Gasteiger partial charge is 0.253 e. The Morgan fingerprint density at radius 1 is 1.21 bits per heavy atom. The molecule has 5 heteroatoms. The maximum absolute atomic E-state index is 12.5. The van der Waals surface area contributed by atoms with Gasteiger partial charge in [-0.1, -0.05) is 36.7 Å². The molecule has 0 saturated carbocycles. The van der Waals surface area contributed by atoms with Crippen LogP contribution in [-0.4, -0.2) is 35.8 Å². The van der Waals surface area contributed by atoms with Crippen LogP contribution in [0, 0.1) is 11.8 Å². The fourth-order valence-corrected chi connectivity index (χ4v) is 3.42. The van der Waals surface area contributed by atoms with Crippen LogP contribution in [0.3, 0.4) is 0 Å². The molecule has 0 aliphatic carbocycles. The first-order chi connectivity index (χ1) is 11.4. The third-order valence-electron chi connectivity index (χ3n) is 4.82. The highest BCUT2D eigenvalue weighted by Crippen LogP contribution is 2.21. The first-order valence-electron chi connectivity index (χ1n) is 8.77. The van der Waals surface area contributed by atoms with Gasteiger partial charge in [-0.25, -0.2) is 0 Å². The molecule has 1 N–H and O–H groups in total. The zero-order valence-electron chi connectivity index (χ0n) is 14.7. The van der Waals surface area contributed by atoms with Gasteiger partial charge in [-0.15, -0.1) is 0 Å². The molecule has 0 bridgehead atoms. The van der Waals surface area contributed by atoms with Crippen molar-refractivity contribution in [3.63, 3.8) is 0 Å². The van der Waals surface area contributed by atoms with Gasteiger partial charge < -0.3 is 10.2 Å². The van der Waals surface area contributed by atoms with E-state index in [4.69, 9.17) is 0 Å². The first-order valence-corrected chi connectivity index (χ1v) is 9.56. The van der Waals surface area contributed by atoms with Gasteiger partial charge in [0.15, 0.2) is 0 Å². The second kappa shape index (κ2) is 8.65. The summed E-state index contributed by atoms with van der Waals surface area (Å²) >= 11 is 3.38. The Morgan fingerprint density at radius 3 is 2.29 bits per heavy atom. The fraction of sp³-hybridized carbons (Fsp3) is 0.579. The number of carbonyl (C=O) groups is 2. The minimum atomic E-state index is 0.0202. The molecule has 0 spiro atoms. The molecule has 1 unspecified atom stereocenters. The molecule has 2 amide bonds. The maximum atomic E-state index is 12.5. The third kappa shape index (κ3) is 4.82. The quantitative estimate of drug-likeness (QED) is 0.823. The van der Waals surface area contributed by atoms with Crippen molar-refractivity contribution >= 4 is 27.7 Å². The Labute approximate surface area is 153 Å². The molecule has 0 aromatic heterocycles. The normalized spacial score (nSPS) is 17.0. The second-order valence-electron chi connectivity index (χ2n) is 6.84. The van der Waals surface area contributed by atoms with E-state index in [1.807, 2.05) is 29.2 Å². The second-order valence-corrected chi connectivity index (χ2v) is 7.76. The molecule has 4 nitrogen and oxygen atoms in total. The van der Waals surface area contributed by atoms with E-state index >= 15 is 0 Å². The Balaban J connectivity index is 1.87. The number of benzene rings is 1. The number of piperidine rings is 1. The number of nitrogens with zero attached hydrogens (tertiary/aromatic N) is 1. The van der Waals surface area contributed by atoms with E-state index in [2.05, 4.69) is 42.0 Å². The van der Waals surface area contributed by atoms with Gasteiger partial charge in [0.25, 0.3) is 5.91 Å². The van der Waals surface area contributed by atoms with E-state index in [-0.39, 0.29) is 23.8 Å². The Morgan fingerprint density at radius 2 is 1.79 bits per heavy atom. The summed E-state index contributed by atoms with van der Waals surface area (Å²) in [7, 11) is 0. The Kier molecular flexibility index (Phi) is 6.84. The lowest BCUT2D eigenvalue weighted by molar-refractivity contribution is -0.127. The van der Waals surface area contributed by atoms with Crippen molar-refractivity contribution < 1.29 is 9.59 Å². The average Bonchev–Trinajstić information content (AvgIpc) is 2.59. The first kappa shape index (κ1) is 19.0. The molecule has 0 radical (unpaired) electrons. The highest BCUT2D eigenvalue weighted by molar-refractivity contribution is 9.10. The minimum Gasteiger partial charge on any atom is -0.353 e. The largest absolute Gasteiger partial charge is 0.353 e. The van der Waals surface area contributed by atoms with Crippen molar-refractivity contribution in [3.05, 3.63) is 34.3 Å². The zero-order chi connectivity index (χ0) is 17.7. The Bertz CT molecular complexity index is 563. The van der Waals surface area contributed by atoms with Crippen molar-refractivity contribution in [2.45, 2.75) is 46.1 Å². The molecule has 1 heterocycles. The van der Waals surface area contributed by atoms with E-state index < -0.39 is 0 Å². The molecule has 1 saturated heterocycles. The summed E-state index contributed by atoms with van der Waals surface area (Å²) in [5, 5.41) is 3.17. The number of hydrogen-bond donors (Lipinski definition) is 1.